The van der Waals surface area contributed by atoms with Gasteiger partial charge in [-0.15, -0.1) is 0 Å². The van der Waals surface area contributed by atoms with Crippen LogP contribution in [-0.2, 0) is 5.41 Å². The number of anilines is 1. The second kappa shape index (κ2) is 3.59. The molecule has 17 heavy (non-hydrogen) atoms. The summed E-state index contributed by atoms with van der Waals surface area (Å²) in [6.07, 6.45) is 3.67. The Morgan fingerprint density at radius 1 is 1.06 bits per heavy atom. The molecule has 0 unspecified atom stereocenters. The van der Waals surface area contributed by atoms with Crippen molar-refractivity contribution < 1.29 is 0 Å². The van der Waals surface area contributed by atoms with Crippen molar-refractivity contribution in [2.45, 2.75) is 19.3 Å². The molecule has 2 aromatic rings. The largest absolute Gasteiger partial charge is 0.384 e. The zero-order valence-corrected chi connectivity index (χ0v) is 10.2. The van der Waals surface area contributed by atoms with Crippen LogP contribution in [0.25, 0.3) is 11.1 Å². The molecule has 0 aliphatic carbocycles. The van der Waals surface area contributed by atoms with Gasteiger partial charge < -0.3 is 5.32 Å². The maximum Gasteiger partial charge on any atom is 0.0385 e. The summed E-state index contributed by atoms with van der Waals surface area (Å²) in [5, 5.41) is 3.48. The first-order valence-corrected chi connectivity index (χ1v) is 5.96. The van der Waals surface area contributed by atoms with Crippen LogP contribution in [0.15, 0.2) is 42.7 Å². The second-order valence-corrected chi connectivity index (χ2v) is 5.23. The van der Waals surface area contributed by atoms with E-state index >= 15 is 0 Å². The average molecular weight is 224 g/mol. The van der Waals surface area contributed by atoms with Gasteiger partial charge in [0.1, 0.15) is 0 Å². The summed E-state index contributed by atoms with van der Waals surface area (Å²) in [7, 11) is 0. The number of rotatable bonds is 1. The van der Waals surface area contributed by atoms with E-state index in [1.807, 2.05) is 24.5 Å². The van der Waals surface area contributed by atoms with Crippen molar-refractivity contribution in [3.63, 3.8) is 0 Å². The lowest BCUT2D eigenvalue weighted by Gasteiger charge is -2.17. The van der Waals surface area contributed by atoms with E-state index in [0.29, 0.717) is 0 Å². The van der Waals surface area contributed by atoms with Crippen molar-refractivity contribution in [2.24, 2.45) is 0 Å². The van der Waals surface area contributed by atoms with Crippen LogP contribution in [0.1, 0.15) is 19.4 Å². The molecule has 0 radical (unpaired) electrons. The Morgan fingerprint density at radius 2 is 1.82 bits per heavy atom. The topological polar surface area (TPSA) is 24.9 Å². The van der Waals surface area contributed by atoms with Crippen LogP contribution in [0.4, 0.5) is 5.69 Å². The minimum Gasteiger partial charge on any atom is -0.384 e. The third-order valence-electron chi connectivity index (χ3n) is 3.48. The molecular weight excluding hydrogens is 208 g/mol. The number of nitrogens with zero attached hydrogens (tertiary/aromatic N) is 1. The van der Waals surface area contributed by atoms with Crippen LogP contribution in [0.5, 0.6) is 0 Å². The predicted molar refractivity (Wildman–Crippen MR) is 71.2 cm³/mol. The number of benzene rings is 1. The predicted octanol–water partition coefficient (Wildman–Crippen LogP) is 3.45. The fourth-order valence-corrected chi connectivity index (χ4v) is 2.42. The van der Waals surface area contributed by atoms with Crippen LogP contribution >= 0.6 is 0 Å². The van der Waals surface area contributed by atoms with Crippen molar-refractivity contribution in [2.75, 3.05) is 11.9 Å². The van der Waals surface area contributed by atoms with Crippen LogP contribution in [0.2, 0.25) is 0 Å². The van der Waals surface area contributed by atoms with Gasteiger partial charge in [-0.3, -0.25) is 4.98 Å². The zero-order valence-electron chi connectivity index (χ0n) is 10.2. The standard InChI is InChI=1S/C15H16N2/c1-15(2)10-17-14-9-12(3-4-13(14)15)11-5-7-16-8-6-11/h3-9,17H,10H2,1-2H3. The summed E-state index contributed by atoms with van der Waals surface area (Å²) in [6, 6.07) is 10.8. The lowest BCUT2D eigenvalue weighted by atomic mass is 9.86. The van der Waals surface area contributed by atoms with Crippen LogP contribution in [0, 0.1) is 0 Å². The zero-order chi connectivity index (χ0) is 11.9. The summed E-state index contributed by atoms with van der Waals surface area (Å²) >= 11 is 0. The van der Waals surface area contributed by atoms with Crippen LogP contribution in [-0.4, -0.2) is 11.5 Å². The van der Waals surface area contributed by atoms with Crippen molar-refractivity contribution in [3.05, 3.63) is 48.3 Å². The third-order valence-corrected chi connectivity index (χ3v) is 3.48. The quantitative estimate of drug-likeness (QED) is 0.802. The fourth-order valence-electron chi connectivity index (χ4n) is 2.42. The molecule has 0 bridgehead atoms. The number of fused-ring (bicyclic) bond motifs is 1. The van der Waals surface area contributed by atoms with Gasteiger partial charge >= 0.3 is 0 Å². The fraction of sp³-hybridized carbons (Fsp3) is 0.267. The monoisotopic (exact) mass is 224 g/mol. The van der Waals surface area contributed by atoms with Crippen molar-refractivity contribution in [3.8, 4) is 11.1 Å². The van der Waals surface area contributed by atoms with Gasteiger partial charge in [0.25, 0.3) is 0 Å². The Kier molecular flexibility index (Phi) is 2.18. The molecule has 2 nitrogen and oxygen atoms in total. The summed E-state index contributed by atoms with van der Waals surface area (Å²) in [6.45, 7) is 5.57. The van der Waals surface area contributed by atoms with Crippen molar-refractivity contribution in [1.29, 1.82) is 0 Å². The van der Waals surface area contributed by atoms with Gasteiger partial charge in [-0.1, -0.05) is 26.0 Å². The molecule has 1 aromatic heterocycles. The van der Waals surface area contributed by atoms with Gasteiger partial charge in [0, 0.05) is 30.0 Å². The molecule has 1 aliphatic heterocycles. The highest BCUT2D eigenvalue weighted by Crippen LogP contribution is 2.38. The maximum absolute atomic E-state index is 4.05. The second-order valence-electron chi connectivity index (χ2n) is 5.23. The smallest absolute Gasteiger partial charge is 0.0385 e. The lowest BCUT2D eigenvalue weighted by molar-refractivity contribution is 0.586. The maximum atomic E-state index is 4.05. The molecule has 1 N–H and O–H groups in total. The van der Waals surface area contributed by atoms with E-state index in [2.05, 4.69) is 42.3 Å². The molecule has 2 heterocycles. The van der Waals surface area contributed by atoms with E-state index in [1.165, 1.54) is 22.4 Å². The summed E-state index contributed by atoms with van der Waals surface area (Å²) in [5.41, 5.74) is 5.39. The highest BCUT2D eigenvalue weighted by molar-refractivity contribution is 5.72. The Balaban J connectivity index is 2.07. The van der Waals surface area contributed by atoms with Crippen LogP contribution < -0.4 is 5.32 Å². The Labute approximate surface area is 102 Å². The number of hydrogen-bond donors (Lipinski definition) is 1. The molecule has 86 valence electrons. The Hall–Kier alpha value is -1.83. The van der Waals surface area contributed by atoms with Gasteiger partial charge in [-0.2, -0.15) is 0 Å². The molecule has 0 spiro atoms. The molecule has 2 heteroatoms. The van der Waals surface area contributed by atoms with Gasteiger partial charge in [-0.25, -0.2) is 0 Å². The van der Waals surface area contributed by atoms with Gasteiger partial charge in [-0.05, 0) is 34.9 Å². The average Bonchev–Trinajstić information content (AvgIpc) is 2.66. The molecule has 0 saturated heterocycles. The Morgan fingerprint density at radius 3 is 2.59 bits per heavy atom. The first-order valence-electron chi connectivity index (χ1n) is 5.96. The minimum absolute atomic E-state index is 0.242. The number of pyridine rings is 1. The molecule has 0 fully saturated rings. The first kappa shape index (κ1) is 10.3. The van der Waals surface area contributed by atoms with E-state index in [1.54, 1.807) is 0 Å². The molecule has 0 atom stereocenters. The van der Waals surface area contributed by atoms with E-state index in [-0.39, 0.29) is 5.41 Å². The summed E-state index contributed by atoms with van der Waals surface area (Å²) in [4.78, 5) is 4.05. The van der Waals surface area contributed by atoms with Crippen molar-refractivity contribution >= 4 is 5.69 Å². The third kappa shape index (κ3) is 1.70. The van der Waals surface area contributed by atoms with E-state index in [4.69, 9.17) is 0 Å². The summed E-state index contributed by atoms with van der Waals surface area (Å²) in [5.74, 6) is 0. The van der Waals surface area contributed by atoms with E-state index in [9.17, 15) is 0 Å². The molecule has 0 amide bonds. The molecule has 3 rings (SSSR count). The van der Waals surface area contributed by atoms with Gasteiger partial charge in [0.05, 0.1) is 0 Å². The molecule has 1 aliphatic rings. The minimum atomic E-state index is 0.242. The number of hydrogen-bond acceptors (Lipinski definition) is 2. The highest BCUT2D eigenvalue weighted by Gasteiger charge is 2.29. The molecule has 1 aromatic carbocycles. The van der Waals surface area contributed by atoms with Crippen LogP contribution in [0.3, 0.4) is 0 Å². The molecular formula is C15H16N2. The van der Waals surface area contributed by atoms with Gasteiger partial charge in [0.15, 0.2) is 0 Å². The van der Waals surface area contributed by atoms with E-state index < -0.39 is 0 Å². The lowest BCUT2D eigenvalue weighted by Crippen LogP contribution is -2.18. The number of nitrogens with one attached hydrogen (secondary N) is 1. The van der Waals surface area contributed by atoms with Crippen molar-refractivity contribution in [1.82, 2.24) is 4.98 Å². The first-order chi connectivity index (χ1) is 8.17. The molecule has 0 saturated carbocycles. The summed E-state index contributed by atoms with van der Waals surface area (Å²) < 4.78 is 0. The highest BCUT2D eigenvalue weighted by atomic mass is 14.9. The Bertz CT molecular complexity index is 544. The van der Waals surface area contributed by atoms with E-state index in [0.717, 1.165) is 6.54 Å². The normalized spacial score (nSPS) is 16.4. The van der Waals surface area contributed by atoms with Gasteiger partial charge in [0.2, 0.25) is 0 Å². The number of aromatic nitrogens is 1. The SMILES string of the molecule is CC1(C)CNc2cc(-c3ccncc3)ccc21.